The number of para-hydroxylation sites is 1. The van der Waals surface area contributed by atoms with Crippen molar-refractivity contribution in [3.05, 3.63) is 56.4 Å². The van der Waals surface area contributed by atoms with Gasteiger partial charge in [0, 0.05) is 17.6 Å². The lowest BCUT2D eigenvalue weighted by Crippen LogP contribution is -2.38. The van der Waals surface area contributed by atoms with Crippen molar-refractivity contribution in [2.24, 2.45) is 0 Å². The Balaban J connectivity index is 1.70. The van der Waals surface area contributed by atoms with Crippen LogP contribution in [-0.4, -0.2) is 39.9 Å². The monoisotopic (exact) mass is 412 g/mol. The fourth-order valence-corrected chi connectivity index (χ4v) is 4.13. The molecule has 152 valence electrons. The molecule has 3 aromatic rings. The normalized spacial score (nSPS) is 10.9. The Labute approximate surface area is 173 Å². The minimum atomic E-state index is -0.338. The Morgan fingerprint density at radius 1 is 1.17 bits per heavy atom. The molecule has 2 amide bonds. The molecule has 0 unspecified atom stereocenters. The smallest absolute Gasteiger partial charge is 0.262 e. The van der Waals surface area contributed by atoms with E-state index < -0.39 is 0 Å². The third kappa shape index (κ3) is 4.22. The van der Waals surface area contributed by atoms with Crippen molar-refractivity contribution >= 4 is 39.1 Å². The maximum absolute atomic E-state index is 12.7. The van der Waals surface area contributed by atoms with Crippen molar-refractivity contribution < 1.29 is 9.59 Å². The topological polar surface area (TPSA) is 84.3 Å². The second kappa shape index (κ2) is 8.16. The first kappa shape index (κ1) is 20.7. The molecule has 0 saturated carbocycles. The summed E-state index contributed by atoms with van der Waals surface area (Å²) in [6.45, 7) is 7.39. The fraction of sp³-hybridized carbons (Fsp3) is 0.333. The van der Waals surface area contributed by atoms with Crippen LogP contribution in [0, 0.1) is 27.7 Å². The van der Waals surface area contributed by atoms with Gasteiger partial charge in [0.15, 0.2) is 0 Å². The maximum atomic E-state index is 12.7. The molecule has 29 heavy (non-hydrogen) atoms. The molecule has 3 rings (SSSR count). The summed E-state index contributed by atoms with van der Waals surface area (Å²) >= 11 is 1.47. The fourth-order valence-electron chi connectivity index (χ4n) is 3.14. The number of hydrogen-bond acceptors (Lipinski definition) is 5. The summed E-state index contributed by atoms with van der Waals surface area (Å²) in [4.78, 5) is 45.0. The third-order valence-electron chi connectivity index (χ3n) is 5.01. The van der Waals surface area contributed by atoms with Crippen LogP contribution in [0.15, 0.2) is 29.3 Å². The average Bonchev–Trinajstić information content (AvgIpc) is 2.95. The van der Waals surface area contributed by atoms with Crippen molar-refractivity contribution in [2.75, 3.05) is 18.9 Å². The van der Waals surface area contributed by atoms with Gasteiger partial charge in [-0.2, -0.15) is 0 Å². The Bertz CT molecular complexity index is 1140. The van der Waals surface area contributed by atoms with Gasteiger partial charge in [-0.05, 0) is 44.4 Å². The lowest BCUT2D eigenvalue weighted by Gasteiger charge is -2.18. The number of likely N-dealkylation sites (N-methyl/N-ethyl adjacent to an activating group) is 1. The van der Waals surface area contributed by atoms with E-state index in [1.54, 1.807) is 7.05 Å². The first-order chi connectivity index (χ1) is 13.7. The van der Waals surface area contributed by atoms with Gasteiger partial charge in [-0.15, -0.1) is 11.3 Å². The molecule has 0 aliphatic carbocycles. The van der Waals surface area contributed by atoms with E-state index in [0.29, 0.717) is 10.2 Å². The van der Waals surface area contributed by atoms with E-state index >= 15 is 0 Å². The zero-order valence-corrected chi connectivity index (χ0v) is 18.0. The van der Waals surface area contributed by atoms with Crippen LogP contribution in [-0.2, 0) is 16.1 Å². The lowest BCUT2D eigenvalue weighted by atomic mass is 10.1. The molecule has 0 spiro atoms. The number of benzene rings is 1. The highest BCUT2D eigenvalue weighted by molar-refractivity contribution is 7.18. The maximum Gasteiger partial charge on any atom is 0.262 e. The predicted octanol–water partition coefficient (Wildman–Crippen LogP) is 2.79. The molecule has 7 nitrogen and oxygen atoms in total. The molecule has 0 aliphatic rings. The van der Waals surface area contributed by atoms with Crippen molar-refractivity contribution in [2.45, 2.75) is 34.2 Å². The SMILES string of the molecule is Cc1cccc(C)c1NC(=O)CN(C)C(=O)Cn1cnc2sc(C)c(C)c2c1=O. The molecular weight excluding hydrogens is 388 g/mol. The molecule has 0 bridgehead atoms. The second-order valence-corrected chi connectivity index (χ2v) is 8.41. The number of fused-ring (bicyclic) bond motifs is 1. The van der Waals surface area contributed by atoms with Gasteiger partial charge >= 0.3 is 0 Å². The summed E-state index contributed by atoms with van der Waals surface area (Å²) < 4.78 is 1.30. The van der Waals surface area contributed by atoms with Crippen LogP contribution in [0.2, 0.25) is 0 Å². The lowest BCUT2D eigenvalue weighted by molar-refractivity contribution is -0.133. The van der Waals surface area contributed by atoms with Crippen LogP contribution >= 0.6 is 11.3 Å². The first-order valence-corrected chi connectivity index (χ1v) is 10.1. The largest absolute Gasteiger partial charge is 0.335 e. The molecule has 0 fully saturated rings. The van der Waals surface area contributed by atoms with Gasteiger partial charge in [0.2, 0.25) is 11.8 Å². The number of thiophene rings is 1. The number of carbonyl (C=O) groups excluding carboxylic acids is 2. The van der Waals surface area contributed by atoms with Crippen LogP contribution in [0.5, 0.6) is 0 Å². The van der Waals surface area contributed by atoms with Crippen LogP contribution in [0.3, 0.4) is 0 Å². The van der Waals surface area contributed by atoms with Gasteiger partial charge in [-0.25, -0.2) is 4.98 Å². The van der Waals surface area contributed by atoms with Gasteiger partial charge in [0.25, 0.3) is 5.56 Å². The zero-order valence-electron chi connectivity index (χ0n) is 17.2. The number of amides is 2. The Morgan fingerprint density at radius 3 is 2.48 bits per heavy atom. The van der Waals surface area contributed by atoms with E-state index in [1.807, 2.05) is 45.9 Å². The highest BCUT2D eigenvalue weighted by Crippen LogP contribution is 2.25. The number of rotatable bonds is 5. The molecule has 0 aliphatic heterocycles. The number of carbonyl (C=O) groups is 2. The molecular formula is C21H24N4O3S. The molecule has 1 aromatic carbocycles. The molecule has 0 saturated heterocycles. The minimum Gasteiger partial charge on any atom is -0.335 e. The number of anilines is 1. The van der Waals surface area contributed by atoms with Gasteiger partial charge in [-0.3, -0.25) is 19.0 Å². The molecule has 0 atom stereocenters. The average molecular weight is 413 g/mol. The number of aryl methyl sites for hydroxylation is 4. The van der Waals surface area contributed by atoms with E-state index in [4.69, 9.17) is 0 Å². The summed E-state index contributed by atoms with van der Waals surface area (Å²) in [6.07, 6.45) is 1.39. The van der Waals surface area contributed by atoms with Crippen molar-refractivity contribution in [3.8, 4) is 0 Å². The van der Waals surface area contributed by atoms with Crippen LogP contribution in [0.4, 0.5) is 5.69 Å². The summed E-state index contributed by atoms with van der Waals surface area (Å²) in [6, 6.07) is 5.76. The van der Waals surface area contributed by atoms with Crippen LogP contribution in [0.25, 0.3) is 10.2 Å². The minimum absolute atomic E-state index is 0.104. The van der Waals surface area contributed by atoms with Crippen molar-refractivity contribution in [1.29, 1.82) is 0 Å². The molecule has 2 heterocycles. The summed E-state index contributed by atoms with van der Waals surface area (Å²) in [5.41, 5.74) is 3.33. The molecule has 1 N–H and O–H groups in total. The number of aromatic nitrogens is 2. The predicted molar refractivity (Wildman–Crippen MR) is 116 cm³/mol. The van der Waals surface area contributed by atoms with E-state index in [-0.39, 0.29) is 30.5 Å². The van der Waals surface area contributed by atoms with Gasteiger partial charge in [0.05, 0.1) is 18.3 Å². The van der Waals surface area contributed by atoms with E-state index in [9.17, 15) is 14.4 Å². The van der Waals surface area contributed by atoms with Crippen molar-refractivity contribution in [3.63, 3.8) is 0 Å². The second-order valence-electron chi connectivity index (χ2n) is 7.21. The van der Waals surface area contributed by atoms with E-state index in [2.05, 4.69) is 10.3 Å². The Hall–Kier alpha value is -3.00. The van der Waals surface area contributed by atoms with Crippen LogP contribution in [0.1, 0.15) is 21.6 Å². The zero-order chi connectivity index (χ0) is 21.3. The van der Waals surface area contributed by atoms with Gasteiger partial charge in [-0.1, -0.05) is 18.2 Å². The standard InChI is InChI=1S/C21H24N4O3S/c1-12-7-6-8-13(2)19(12)23-16(26)9-24(5)17(27)10-25-11-22-20-18(21(25)28)14(3)15(4)29-20/h6-8,11H,9-10H2,1-5H3,(H,23,26). The van der Waals surface area contributed by atoms with Gasteiger partial charge < -0.3 is 10.2 Å². The molecule has 8 heteroatoms. The molecule has 0 radical (unpaired) electrons. The van der Waals surface area contributed by atoms with Gasteiger partial charge in [0.1, 0.15) is 11.4 Å². The first-order valence-electron chi connectivity index (χ1n) is 9.24. The Kier molecular flexibility index (Phi) is 5.83. The number of hydrogen-bond donors (Lipinski definition) is 1. The van der Waals surface area contributed by atoms with E-state index in [0.717, 1.165) is 27.3 Å². The Morgan fingerprint density at radius 2 is 1.83 bits per heavy atom. The van der Waals surface area contributed by atoms with Crippen LogP contribution < -0.4 is 10.9 Å². The number of nitrogens with one attached hydrogen (secondary N) is 1. The van der Waals surface area contributed by atoms with E-state index in [1.165, 1.54) is 27.1 Å². The molecule has 2 aromatic heterocycles. The summed E-state index contributed by atoms with van der Waals surface area (Å²) in [5.74, 6) is -0.627. The third-order valence-corrected chi connectivity index (χ3v) is 6.13. The highest BCUT2D eigenvalue weighted by Gasteiger charge is 2.17. The highest BCUT2D eigenvalue weighted by atomic mass is 32.1. The summed E-state index contributed by atoms with van der Waals surface area (Å²) in [5, 5.41) is 3.42. The summed E-state index contributed by atoms with van der Waals surface area (Å²) in [7, 11) is 1.55. The number of nitrogens with zero attached hydrogens (tertiary/aromatic N) is 3. The van der Waals surface area contributed by atoms with Crippen molar-refractivity contribution in [1.82, 2.24) is 14.5 Å². The quantitative estimate of drug-likeness (QED) is 0.698.